The first-order valence-electron chi connectivity index (χ1n) is 10.2. The Morgan fingerprint density at radius 3 is 2.69 bits per heavy atom. The standard InChI is InChI=1S/C25H22FN3O3/c1-17-4-2-7-22-24(17)27-16-29(25(22)31)13-12-23(30)28-20-5-3-6-21(14-20)32-15-18-8-10-19(26)11-9-18/h2-11,14,16H,12-13,15H2,1H3,(H,28,30). The van der Waals surface area contributed by atoms with Gasteiger partial charge < -0.3 is 10.1 Å². The van der Waals surface area contributed by atoms with Crippen molar-refractivity contribution in [3.8, 4) is 5.75 Å². The summed E-state index contributed by atoms with van der Waals surface area (Å²) in [6.45, 7) is 2.42. The molecule has 0 spiro atoms. The number of carbonyl (C=O) groups excluding carboxylic acids is 1. The van der Waals surface area contributed by atoms with Gasteiger partial charge in [-0.05, 0) is 48.4 Å². The lowest BCUT2D eigenvalue weighted by Crippen LogP contribution is -2.23. The average molecular weight is 431 g/mol. The van der Waals surface area contributed by atoms with E-state index in [-0.39, 0.29) is 36.9 Å². The van der Waals surface area contributed by atoms with Crippen molar-refractivity contribution in [2.75, 3.05) is 5.32 Å². The lowest BCUT2D eigenvalue weighted by atomic mass is 10.1. The van der Waals surface area contributed by atoms with E-state index in [9.17, 15) is 14.0 Å². The Balaban J connectivity index is 1.36. The summed E-state index contributed by atoms with van der Waals surface area (Å²) in [6, 6.07) is 18.6. The zero-order valence-corrected chi connectivity index (χ0v) is 17.5. The zero-order valence-electron chi connectivity index (χ0n) is 17.5. The zero-order chi connectivity index (χ0) is 22.5. The summed E-state index contributed by atoms with van der Waals surface area (Å²) in [5, 5.41) is 3.36. The summed E-state index contributed by atoms with van der Waals surface area (Å²) in [4.78, 5) is 29.4. The SMILES string of the molecule is Cc1cccc2c(=O)n(CCC(=O)Nc3cccc(OCc4ccc(F)cc4)c3)cnc12. The quantitative estimate of drug-likeness (QED) is 0.469. The molecule has 32 heavy (non-hydrogen) atoms. The number of hydrogen-bond acceptors (Lipinski definition) is 4. The Morgan fingerprint density at radius 2 is 1.88 bits per heavy atom. The molecule has 0 aliphatic heterocycles. The van der Waals surface area contributed by atoms with E-state index in [4.69, 9.17) is 4.74 Å². The van der Waals surface area contributed by atoms with Gasteiger partial charge in [0.2, 0.25) is 5.91 Å². The molecule has 7 heteroatoms. The van der Waals surface area contributed by atoms with Crippen LogP contribution in [0.5, 0.6) is 5.75 Å². The normalized spacial score (nSPS) is 10.8. The van der Waals surface area contributed by atoms with Gasteiger partial charge in [0.15, 0.2) is 0 Å². The van der Waals surface area contributed by atoms with Gasteiger partial charge in [0.1, 0.15) is 18.2 Å². The highest BCUT2D eigenvalue weighted by Crippen LogP contribution is 2.19. The number of halogens is 1. The van der Waals surface area contributed by atoms with Crippen LogP contribution >= 0.6 is 0 Å². The van der Waals surface area contributed by atoms with Crippen molar-refractivity contribution in [2.45, 2.75) is 26.5 Å². The monoisotopic (exact) mass is 431 g/mol. The van der Waals surface area contributed by atoms with E-state index in [0.717, 1.165) is 11.1 Å². The first-order valence-corrected chi connectivity index (χ1v) is 10.2. The van der Waals surface area contributed by atoms with Gasteiger partial charge in [0, 0.05) is 24.7 Å². The molecule has 0 aliphatic carbocycles. The Labute approximate surface area is 184 Å². The highest BCUT2D eigenvalue weighted by atomic mass is 19.1. The predicted octanol–water partition coefficient (Wildman–Crippen LogP) is 4.45. The highest BCUT2D eigenvalue weighted by Gasteiger charge is 2.09. The summed E-state index contributed by atoms with van der Waals surface area (Å²) in [5.74, 6) is 0.0599. The molecule has 4 aromatic rings. The van der Waals surface area contributed by atoms with Crippen molar-refractivity contribution < 1.29 is 13.9 Å². The molecular formula is C25H22FN3O3. The van der Waals surface area contributed by atoms with Gasteiger partial charge in [-0.25, -0.2) is 9.37 Å². The third kappa shape index (κ3) is 5.00. The van der Waals surface area contributed by atoms with E-state index in [1.165, 1.54) is 23.0 Å². The van der Waals surface area contributed by atoms with Crippen LogP contribution in [0.4, 0.5) is 10.1 Å². The van der Waals surface area contributed by atoms with Gasteiger partial charge in [-0.3, -0.25) is 14.2 Å². The lowest BCUT2D eigenvalue weighted by molar-refractivity contribution is -0.116. The number of anilines is 1. The molecular weight excluding hydrogens is 409 g/mol. The van der Waals surface area contributed by atoms with Crippen LogP contribution in [0.2, 0.25) is 0 Å². The molecule has 1 N–H and O–H groups in total. The first kappa shape index (κ1) is 21.2. The van der Waals surface area contributed by atoms with Crippen molar-refractivity contribution in [2.24, 2.45) is 0 Å². The molecule has 0 fully saturated rings. The summed E-state index contributed by atoms with van der Waals surface area (Å²) >= 11 is 0. The molecule has 6 nitrogen and oxygen atoms in total. The maximum atomic E-state index is 13.0. The van der Waals surface area contributed by atoms with Gasteiger partial charge in [-0.15, -0.1) is 0 Å². The van der Waals surface area contributed by atoms with E-state index in [0.29, 0.717) is 22.3 Å². The van der Waals surface area contributed by atoms with E-state index >= 15 is 0 Å². The number of aryl methyl sites for hydroxylation is 2. The second kappa shape index (κ2) is 9.43. The largest absolute Gasteiger partial charge is 0.489 e. The number of ether oxygens (including phenoxy) is 1. The highest BCUT2D eigenvalue weighted by molar-refractivity contribution is 5.90. The molecule has 0 aliphatic rings. The van der Waals surface area contributed by atoms with Crippen LogP contribution in [0.25, 0.3) is 10.9 Å². The van der Waals surface area contributed by atoms with Crippen LogP contribution in [0.15, 0.2) is 77.9 Å². The summed E-state index contributed by atoms with van der Waals surface area (Å²) in [7, 11) is 0. The molecule has 0 radical (unpaired) electrons. The number of fused-ring (bicyclic) bond motifs is 1. The van der Waals surface area contributed by atoms with Gasteiger partial charge in [-0.2, -0.15) is 0 Å². The Kier molecular flexibility index (Phi) is 6.26. The molecule has 1 heterocycles. The number of para-hydroxylation sites is 1. The number of carbonyl (C=O) groups is 1. The minimum absolute atomic E-state index is 0.125. The number of amides is 1. The molecule has 0 saturated heterocycles. The van der Waals surface area contributed by atoms with E-state index in [2.05, 4.69) is 10.3 Å². The molecule has 3 aromatic carbocycles. The fraction of sp³-hybridized carbons (Fsp3) is 0.160. The predicted molar refractivity (Wildman–Crippen MR) is 121 cm³/mol. The third-order valence-corrected chi connectivity index (χ3v) is 5.07. The Morgan fingerprint density at radius 1 is 1.09 bits per heavy atom. The number of hydrogen-bond donors (Lipinski definition) is 1. The minimum Gasteiger partial charge on any atom is -0.489 e. The van der Waals surface area contributed by atoms with E-state index in [1.807, 2.05) is 19.1 Å². The van der Waals surface area contributed by atoms with Crippen molar-refractivity contribution in [3.05, 3.63) is 100 Å². The number of rotatable bonds is 7. The van der Waals surface area contributed by atoms with Gasteiger partial charge >= 0.3 is 0 Å². The van der Waals surface area contributed by atoms with Crippen molar-refractivity contribution >= 4 is 22.5 Å². The maximum absolute atomic E-state index is 13.0. The first-order chi connectivity index (χ1) is 15.5. The Bertz CT molecular complexity index is 1320. The minimum atomic E-state index is -0.296. The summed E-state index contributed by atoms with van der Waals surface area (Å²) in [6.07, 6.45) is 1.61. The number of nitrogens with one attached hydrogen (secondary N) is 1. The summed E-state index contributed by atoms with van der Waals surface area (Å²) < 4.78 is 20.2. The second-order valence-electron chi connectivity index (χ2n) is 7.46. The van der Waals surface area contributed by atoms with Crippen molar-refractivity contribution in [1.82, 2.24) is 9.55 Å². The number of benzene rings is 3. The smallest absolute Gasteiger partial charge is 0.261 e. The number of nitrogens with zero attached hydrogens (tertiary/aromatic N) is 2. The van der Waals surface area contributed by atoms with Crippen molar-refractivity contribution in [1.29, 1.82) is 0 Å². The topological polar surface area (TPSA) is 73.2 Å². The van der Waals surface area contributed by atoms with Crippen LogP contribution in [-0.4, -0.2) is 15.5 Å². The molecule has 4 rings (SSSR count). The van der Waals surface area contributed by atoms with Crippen molar-refractivity contribution in [3.63, 3.8) is 0 Å². The van der Waals surface area contributed by atoms with Crippen LogP contribution in [0.3, 0.4) is 0 Å². The van der Waals surface area contributed by atoms with Crippen LogP contribution < -0.4 is 15.6 Å². The molecule has 0 bridgehead atoms. The molecule has 0 saturated carbocycles. The second-order valence-corrected chi connectivity index (χ2v) is 7.46. The summed E-state index contributed by atoms with van der Waals surface area (Å²) in [5.41, 5.74) is 2.88. The fourth-order valence-corrected chi connectivity index (χ4v) is 3.35. The van der Waals surface area contributed by atoms with Crippen LogP contribution in [0.1, 0.15) is 17.5 Å². The number of aromatic nitrogens is 2. The fourth-order valence-electron chi connectivity index (χ4n) is 3.35. The van der Waals surface area contributed by atoms with Crippen LogP contribution in [-0.2, 0) is 17.9 Å². The van der Waals surface area contributed by atoms with Gasteiger partial charge in [0.05, 0.1) is 17.2 Å². The van der Waals surface area contributed by atoms with Gasteiger partial charge in [0.25, 0.3) is 5.56 Å². The maximum Gasteiger partial charge on any atom is 0.261 e. The third-order valence-electron chi connectivity index (χ3n) is 5.07. The molecule has 1 aromatic heterocycles. The Hall–Kier alpha value is -4.00. The van der Waals surface area contributed by atoms with E-state index < -0.39 is 0 Å². The van der Waals surface area contributed by atoms with E-state index in [1.54, 1.807) is 42.5 Å². The molecule has 162 valence electrons. The molecule has 0 unspecified atom stereocenters. The van der Waals surface area contributed by atoms with Gasteiger partial charge in [-0.1, -0.05) is 30.3 Å². The van der Waals surface area contributed by atoms with Crippen LogP contribution in [0, 0.1) is 12.7 Å². The average Bonchev–Trinajstić information content (AvgIpc) is 2.79. The molecule has 0 atom stereocenters. The lowest BCUT2D eigenvalue weighted by Gasteiger charge is -2.10. The molecule has 1 amide bonds.